The van der Waals surface area contributed by atoms with Gasteiger partial charge in [0.15, 0.2) is 0 Å². The number of amides is 2. The average molecular weight is 209 g/mol. The minimum atomic E-state index is -0.732. The molecule has 0 bridgehead atoms. The van der Waals surface area contributed by atoms with Crippen LogP contribution in [0.2, 0.25) is 0 Å². The molecule has 1 saturated heterocycles. The molecule has 15 heavy (non-hydrogen) atoms. The van der Waals surface area contributed by atoms with Crippen LogP contribution in [0.3, 0.4) is 0 Å². The Hall–Kier alpha value is -1.54. The van der Waals surface area contributed by atoms with Crippen LogP contribution >= 0.6 is 0 Å². The maximum absolute atomic E-state index is 11.4. The van der Waals surface area contributed by atoms with Crippen LogP contribution in [0.5, 0.6) is 0 Å². The molecule has 2 unspecified atom stereocenters. The molecule has 0 aromatic carbocycles. The number of hydrogen-bond donors (Lipinski definition) is 3. The third-order valence-corrected chi connectivity index (χ3v) is 2.28. The zero-order chi connectivity index (χ0) is 11.3. The highest BCUT2D eigenvalue weighted by Gasteiger charge is 2.25. The molecular formula is C10H15N3O2. The van der Waals surface area contributed by atoms with Gasteiger partial charge < -0.3 is 16.4 Å². The van der Waals surface area contributed by atoms with Crippen molar-refractivity contribution in [1.82, 2.24) is 10.6 Å². The van der Waals surface area contributed by atoms with Crippen molar-refractivity contribution in [2.45, 2.75) is 31.3 Å². The Balaban J connectivity index is 2.43. The molecule has 2 amide bonds. The molecule has 5 heteroatoms. The number of rotatable bonds is 3. The van der Waals surface area contributed by atoms with E-state index in [1.54, 1.807) is 0 Å². The summed E-state index contributed by atoms with van der Waals surface area (Å²) in [6, 6.07) is -1.19. The van der Waals surface area contributed by atoms with E-state index in [-0.39, 0.29) is 18.2 Å². The molecule has 0 spiro atoms. The fraction of sp³-hybridized carbons (Fsp3) is 0.600. The third-order valence-electron chi connectivity index (χ3n) is 2.28. The van der Waals surface area contributed by atoms with Gasteiger partial charge in [-0.15, -0.1) is 12.3 Å². The number of nitrogens with two attached hydrogens (primary N) is 1. The largest absolute Gasteiger partial charge is 0.354 e. The second-order valence-corrected chi connectivity index (χ2v) is 3.51. The lowest BCUT2D eigenvalue weighted by Crippen LogP contribution is -2.53. The lowest BCUT2D eigenvalue weighted by Gasteiger charge is -2.23. The van der Waals surface area contributed by atoms with Gasteiger partial charge in [0.2, 0.25) is 11.8 Å². The molecule has 1 heterocycles. The molecule has 1 fully saturated rings. The van der Waals surface area contributed by atoms with Crippen molar-refractivity contribution in [3.05, 3.63) is 0 Å². The first kappa shape index (κ1) is 11.5. The predicted octanol–water partition coefficient (Wildman–Crippen LogP) is -1.27. The van der Waals surface area contributed by atoms with E-state index in [4.69, 9.17) is 12.2 Å². The van der Waals surface area contributed by atoms with E-state index in [0.717, 1.165) is 6.42 Å². The standard InChI is InChI=1S/C10H15N3O2/c1-2-4-7(11)9(14)13-8-5-3-6-12-10(8)15/h1,7-8H,3-6,11H2,(H,12,15)(H,13,14). The fourth-order valence-electron chi connectivity index (χ4n) is 1.41. The maximum atomic E-state index is 11.4. The average Bonchev–Trinajstić information content (AvgIpc) is 2.21. The van der Waals surface area contributed by atoms with Gasteiger partial charge in [-0.25, -0.2) is 0 Å². The van der Waals surface area contributed by atoms with Crippen molar-refractivity contribution in [1.29, 1.82) is 0 Å². The first-order valence-corrected chi connectivity index (χ1v) is 4.92. The summed E-state index contributed by atoms with van der Waals surface area (Å²) in [6.07, 6.45) is 6.73. The van der Waals surface area contributed by atoms with Gasteiger partial charge in [-0.3, -0.25) is 9.59 Å². The molecule has 4 N–H and O–H groups in total. The summed E-state index contributed by atoms with van der Waals surface area (Å²) >= 11 is 0. The van der Waals surface area contributed by atoms with Crippen LogP contribution in [-0.4, -0.2) is 30.4 Å². The minimum Gasteiger partial charge on any atom is -0.354 e. The molecule has 1 aliphatic rings. The first-order valence-electron chi connectivity index (χ1n) is 4.92. The van der Waals surface area contributed by atoms with Gasteiger partial charge in [0.1, 0.15) is 6.04 Å². The van der Waals surface area contributed by atoms with E-state index in [1.807, 2.05) is 0 Å². The minimum absolute atomic E-state index is 0.150. The van der Waals surface area contributed by atoms with E-state index in [9.17, 15) is 9.59 Å². The fourth-order valence-corrected chi connectivity index (χ4v) is 1.41. The second-order valence-electron chi connectivity index (χ2n) is 3.51. The first-order chi connectivity index (χ1) is 7.15. The molecule has 0 radical (unpaired) electrons. The Morgan fingerprint density at radius 1 is 1.80 bits per heavy atom. The van der Waals surface area contributed by atoms with E-state index >= 15 is 0 Å². The van der Waals surface area contributed by atoms with Gasteiger partial charge in [0.05, 0.1) is 6.04 Å². The van der Waals surface area contributed by atoms with Gasteiger partial charge in [-0.05, 0) is 12.8 Å². The predicted molar refractivity (Wildman–Crippen MR) is 55.6 cm³/mol. The second kappa shape index (κ2) is 5.37. The van der Waals surface area contributed by atoms with E-state index in [0.29, 0.717) is 13.0 Å². The molecule has 5 nitrogen and oxygen atoms in total. The van der Waals surface area contributed by atoms with Gasteiger partial charge in [0, 0.05) is 13.0 Å². The molecule has 82 valence electrons. The van der Waals surface area contributed by atoms with Gasteiger partial charge >= 0.3 is 0 Å². The molecule has 0 aliphatic carbocycles. The number of nitrogens with one attached hydrogen (secondary N) is 2. The smallest absolute Gasteiger partial charge is 0.242 e. The van der Waals surface area contributed by atoms with Crippen molar-refractivity contribution in [2.24, 2.45) is 5.73 Å². The summed E-state index contributed by atoms with van der Waals surface area (Å²) in [7, 11) is 0. The highest BCUT2D eigenvalue weighted by atomic mass is 16.2. The van der Waals surface area contributed by atoms with Crippen molar-refractivity contribution in [3.63, 3.8) is 0 Å². The lowest BCUT2D eigenvalue weighted by molar-refractivity contribution is -0.130. The normalized spacial score (nSPS) is 22.4. The number of hydrogen-bond acceptors (Lipinski definition) is 3. The molecule has 0 saturated carbocycles. The van der Waals surface area contributed by atoms with E-state index < -0.39 is 12.1 Å². The number of piperidine rings is 1. The monoisotopic (exact) mass is 209 g/mol. The zero-order valence-electron chi connectivity index (χ0n) is 8.45. The number of terminal acetylenes is 1. The topological polar surface area (TPSA) is 84.2 Å². The summed E-state index contributed by atoms with van der Waals surface area (Å²) in [5.41, 5.74) is 5.50. The van der Waals surface area contributed by atoms with Gasteiger partial charge in [-0.2, -0.15) is 0 Å². The van der Waals surface area contributed by atoms with Crippen molar-refractivity contribution < 1.29 is 9.59 Å². The summed E-state index contributed by atoms with van der Waals surface area (Å²) in [6.45, 7) is 0.668. The molecule has 1 aliphatic heterocycles. The van der Waals surface area contributed by atoms with Gasteiger partial charge in [-0.1, -0.05) is 0 Å². The third kappa shape index (κ3) is 3.26. The van der Waals surface area contributed by atoms with Crippen LogP contribution < -0.4 is 16.4 Å². The highest BCUT2D eigenvalue weighted by Crippen LogP contribution is 2.03. The summed E-state index contributed by atoms with van der Waals surface area (Å²) < 4.78 is 0. The van der Waals surface area contributed by atoms with Crippen molar-refractivity contribution >= 4 is 11.8 Å². The van der Waals surface area contributed by atoms with Gasteiger partial charge in [0.25, 0.3) is 0 Å². The van der Waals surface area contributed by atoms with Crippen LogP contribution in [0.4, 0.5) is 0 Å². The molecule has 0 aromatic rings. The Morgan fingerprint density at radius 3 is 3.13 bits per heavy atom. The zero-order valence-corrected chi connectivity index (χ0v) is 8.45. The van der Waals surface area contributed by atoms with E-state index in [1.165, 1.54) is 0 Å². The Kier molecular flexibility index (Phi) is 4.13. The lowest BCUT2D eigenvalue weighted by atomic mass is 10.1. The van der Waals surface area contributed by atoms with Crippen LogP contribution in [-0.2, 0) is 9.59 Å². The highest BCUT2D eigenvalue weighted by molar-refractivity contribution is 5.90. The quantitative estimate of drug-likeness (QED) is 0.507. The van der Waals surface area contributed by atoms with Crippen LogP contribution in [0.15, 0.2) is 0 Å². The summed E-state index contributed by atoms with van der Waals surface area (Å²) in [5.74, 6) is 1.79. The number of carbonyl (C=O) groups is 2. The van der Waals surface area contributed by atoms with Crippen LogP contribution in [0, 0.1) is 12.3 Å². The number of carbonyl (C=O) groups excluding carboxylic acids is 2. The SMILES string of the molecule is C#CCC(N)C(=O)NC1CCCNC1=O. The molecule has 2 atom stereocenters. The van der Waals surface area contributed by atoms with Crippen molar-refractivity contribution in [2.75, 3.05) is 6.54 Å². The Bertz CT molecular complexity index is 296. The molecular weight excluding hydrogens is 194 g/mol. The maximum Gasteiger partial charge on any atom is 0.242 e. The van der Waals surface area contributed by atoms with Crippen molar-refractivity contribution in [3.8, 4) is 12.3 Å². The summed E-state index contributed by atoms with van der Waals surface area (Å²) in [5, 5.41) is 5.26. The molecule has 1 rings (SSSR count). The van der Waals surface area contributed by atoms with E-state index in [2.05, 4.69) is 16.6 Å². The Morgan fingerprint density at radius 2 is 2.53 bits per heavy atom. The van der Waals surface area contributed by atoms with Crippen LogP contribution in [0.1, 0.15) is 19.3 Å². The molecule has 0 aromatic heterocycles. The summed E-state index contributed by atoms with van der Waals surface area (Å²) in [4.78, 5) is 22.7. The Labute approximate surface area is 88.8 Å². The van der Waals surface area contributed by atoms with Crippen LogP contribution in [0.25, 0.3) is 0 Å².